The Morgan fingerprint density at radius 3 is 2.22 bits per heavy atom. The summed E-state index contributed by atoms with van der Waals surface area (Å²) in [6, 6.07) is 14.7. The van der Waals surface area contributed by atoms with Crippen LogP contribution in [0.25, 0.3) is 0 Å². The molecule has 0 unspecified atom stereocenters. The molecular weight excluding hydrogens is 428 g/mol. The number of thioether (sulfide) groups is 1. The smallest absolute Gasteiger partial charge is 0.224 e. The van der Waals surface area contributed by atoms with E-state index >= 15 is 0 Å². The molecule has 0 saturated heterocycles. The van der Waals surface area contributed by atoms with Crippen molar-refractivity contribution in [3.63, 3.8) is 0 Å². The molecule has 3 rings (SSSR count). The van der Waals surface area contributed by atoms with E-state index in [-0.39, 0.29) is 18.4 Å². The predicted octanol–water partition coefficient (Wildman–Crippen LogP) is 3.42. The van der Waals surface area contributed by atoms with Gasteiger partial charge in [0.05, 0.1) is 33.3 Å². The quantitative estimate of drug-likeness (QED) is 0.349. The van der Waals surface area contributed by atoms with Crippen molar-refractivity contribution in [2.45, 2.75) is 24.5 Å². The van der Waals surface area contributed by atoms with E-state index in [0.29, 0.717) is 12.4 Å². The maximum absolute atomic E-state index is 12.4. The zero-order chi connectivity index (χ0) is 22.9. The van der Waals surface area contributed by atoms with Gasteiger partial charge in [0.25, 0.3) is 0 Å². The second-order valence-corrected chi connectivity index (χ2v) is 8.15. The highest BCUT2D eigenvalue weighted by Gasteiger charge is 2.18. The lowest BCUT2D eigenvalue weighted by Gasteiger charge is -2.14. The van der Waals surface area contributed by atoms with Crippen molar-refractivity contribution in [3.8, 4) is 17.2 Å². The Morgan fingerprint density at radius 1 is 1.00 bits per heavy atom. The third-order valence-electron chi connectivity index (χ3n) is 4.80. The van der Waals surface area contributed by atoms with E-state index in [4.69, 9.17) is 14.2 Å². The Kier molecular flexibility index (Phi) is 8.38. The van der Waals surface area contributed by atoms with Crippen molar-refractivity contribution in [1.82, 2.24) is 20.1 Å². The van der Waals surface area contributed by atoms with Gasteiger partial charge in [-0.15, -0.1) is 10.2 Å². The minimum atomic E-state index is -0.261. The summed E-state index contributed by atoms with van der Waals surface area (Å²) in [6.45, 7) is 2.44. The van der Waals surface area contributed by atoms with E-state index in [1.165, 1.54) is 0 Å². The molecule has 9 heteroatoms. The fourth-order valence-electron chi connectivity index (χ4n) is 3.08. The maximum atomic E-state index is 12.4. The molecule has 0 saturated carbocycles. The van der Waals surface area contributed by atoms with Crippen LogP contribution in [0.4, 0.5) is 0 Å². The number of methoxy groups -OCH3 is 2. The van der Waals surface area contributed by atoms with E-state index in [1.54, 1.807) is 26.0 Å². The summed E-state index contributed by atoms with van der Waals surface area (Å²) < 4.78 is 17.9. The molecule has 0 aliphatic carbocycles. The fraction of sp³-hybridized carbons (Fsp3) is 0.348. The standard InChI is InChI=1S/C23H28N4O4S/c1-16(24-21(28)15-17-5-7-18(29-3)8-6-17)22-25-26-23(27(22)2)32-14-13-31-20-11-9-19(30-4)10-12-20/h5-12,16H,13-15H2,1-4H3,(H,24,28)/t16-/m1/s1. The third kappa shape index (κ3) is 6.40. The fourth-order valence-corrected chi connectivity index (χ4v) is 3.81. The molecule has 32 heavy (non-hydrogen) atoms. The van der Waals surface area contributed by atoms with Crippen LogP contribution in [0.15, 0.2) is 53.7 Å². The lowest BCUT2D eigenvalue weighted by atomic mass is 10.1. The van der Waals surface area contributed by atoms with Crippen LogP contribution >= 0.6 is 11.8 Å². The highest BCUT2D eigenvalue weighted by Crippen LogP contribution is 2.21. The number of benzene rings is 2. The Balaban J connectivity index is 1.46. The van der Waals surface area contributed by atoms with Crippen LogP contribution in [0, 0.1) is 0 Å². The average molecular weight is 457 g/mol. The van der Waals surface area contributed by atoms with Gasteiger partial charge in [-0.2, -0.15) is 0 Å². The van der Waals surface area contributed by atoms with Gasteiger partial charge in [0.1, 0.15) is 17.2 Å². The number of amides is 1. The molecular formula is C23H28N4O4S. The third-order valence-corrected chi connectivity index (χ3v) is 5.78. The number of aromatic nitrogens is 3. The average Bonchev–Trinajstić information content (AvgIpc) is 3.18. The molecule has 8 nitrogen and oxygen atoms in total. The minimum absolute atomic E-state index is 0.0761. The van der Waals surface area contributed by atoms with Crippen LogP contribution in [0.3, 0.4) is 0 Å². The number of rotatable bonds is 11. The van der Waals surface area contributed by atoms with Crippen LogP contribution < -0.4 is 19.5 Å². The Labute approximate surface area is 192 Å². The Bertz CT molecular complexity index is 1010. The number of carbonyl (C=O) groups excluding carboxylic acids is 1. The number of ether oxygens (including phenoxy) is 3. The van der Waals surface area contributed by atoms with Crippen molar-refractivity contribution in [2.24, 2.45) is 7.05 Å². The van der Waals surface area contributed by atoms with Gasteiger partial charge in [0.15, 0.2) is 11.0 Å². The van der Waals surface area contributed by atoms with Crippen LogP contribution in [-0.2, 0) is 18.3 Å². The van der Waals surface area contributed by atoms with E-state index in [9.17, 15) is 4.79 Å². The largest absolute Gasteiger partial charge is 0.497 e. The Hall–Kier alpha value is -3.20. The zero-order valence-electron chi connectivity index (χ0n) is 18.7. The predicted molar refractivity (Wildman–Crippen MR) is 123 cm³/mol. The molecule has 0 radical (unpaired) electrons. The molecule has 1 heterocycles. The second kappa shape index (κ2) is 11.4. The molecule has 2 aromatic carbocycles. The first-order valence-corrected chi connectivity index (χ1v) is 11.2. The molecule has 0 spiro atoms. The molecule has 0 fully saturated rings. The van der Waals surface area contributed by atoms with Gasteiger partial charge in [-0.3, -0.25) is 4.79 Å². The normalized spacial score (nSPS) is 11.6. The lowest BCUT2D eigenvalue weighted by molar-refractivity contribution is -0.121. The molecule has 0 aliphatic heterocycles. The molecule has 1 aromatic heterocycles. The summed E-state index contributed by atoms with van der Waals surface area (Å²) in [5.74, 6) is 3.69. The molecule has 0 bridgehead atoms. The highest BCUT2D eigenvalue weighted by molar-refractivity contribution is 7.99. The second-order valence-electron chi connectivity index (χ2n) is 7.09. The molecule has 1 atom stereocenters. The van der Waals surface area contributed by atoms with Gasteiger partial charge < -0.3 is 24.1 Å². The van der Waals surface area contributed by atoms with Crippen molar-refractivity contribution in [1.29, 1.82) is 0 Å². The van der Waals surface area contributed by atoms with Crippen LogP contribution in [0.1, 0.15) is 24.4 Å². The molecule has 3 aromatic rings. The van der Waals surface area contributed by atoms with Crippen LogP contribution in [-0.4, -0.2) is 47.3 Å². The number of hydrogen-bond acceptors (Lipinski definition) is 7. The first kappa shape index (κ1) is 23.5. The molecule has 0 aliphatic rings. The van der Waals surface area contributed by atoms with Crippen molar-refractivity contribution < 1.29 is 19.0 Å². The van der Waals surface area contributed by atoms with E-state index in [2.05, 4.69) is 15.5 Å². The van der Waals surface area contributed by atoms with E-state index in [1.807, 2.05) is 67.1 Å². The molecule has 1 amide bonds. The lowest BCUT2D eigenvalue weighted by Crippen LogP contribution is -2.29. The van der Waals surface area contributed by atoms with Gasteiger partial charge >= 0.3 is 0 Å². The van der Waals surface area contributed by atoms with Crippen LogP contribution in [0.5, 0.6) is 17.2 Å². The zero-order valence-corrected chi connectivity index (χ0v) is 19.5. The minimum Gasteiger partial charge on any atom is -0.497 e. The van der Waals surface area contributed by atoms with Crippen molar-refractivity contribution in [2.75, 3.05) is 26.6 Å². The summed E-state index contributed by atoms with van der Waals surface area (Å²) in [4.78, 5) is 12.4. The molecule has 170 valence electrons. The maximum Gasteiger partial charge on any atom is 0.224 e. The summed E-state index contributed by atoms with van der Waals surface area (Å²) in [5, 5.41) is 12.3. The summed E-state index contributed by atoms with van der Waals surface area (Å²) in [5.41, 5.74) is 0.918. The van der Waals surface area contributed by atoms with E-state index < -0.39 is 0 Å². The number of nitrogens with one attached hydrogen (secondary N) is 1. The van der Waals surface area contributed by atoms with Gasteiger partial charge in [-0.1, -0.05) is 23.9 Å². The van der Waals surface area contributed by atoms with Gasteiger partial charge in [0, 0.05) is 12.8 Å². The van der Waals surface area contributed by atoms with Crippen LogP contribution in [0.2, 0.25) is 0 Å². The highest BCUT2D eigenvalue weighted by atomic mass is 32.2. The van der Waals surface area contributed by atoms with Crippen molar-refractivity contribution >= 4 is 17.7 Å². The SMILES string of the molecule is COc1ccc(CC(=O)N[C@H](C)c2nnc(SCCOc3ccc(OC)cc3)n2C)cc1. The topological polar surface area (TPSA) is 87.5 Å². The van der Waals surface area contributed by atoms with Crippen molar-refractivity contribution in [3.05, 3.63) is 59.9 Å². The summed E-state index contributed by atoms with van der Waals surface area (Å²) in [6.07, 6.45) is 0.288. The monoisotopic (exact) mass is 456 g/mol. The first-order chi connectivity index (χ1) is 15.5. The summed E-state index contributed by atoms with van der Waals surface area (Å²) >= 11 is 1.55. The van der Waals surface area contributed by atoms with Gasteiger partial charge in [0.2, 0.25) is 5.91 Å². The number of carbonyl (C=O) groups is 1. The van der Waals surface area contributed by atoms with Gasteiger partial charge in [-0.25, -0.2) is 0 Å². The molecule has 1 N–H and O–H groups in total. The number of nitrogens with zero attached hydrogens (tertiary/aromatic N) is 3. The Morgan fingerprint density at radius 2 is 1.59 bits per heavy atom. The van der Waals surface area contributed by atoms with E-state index in [0.717, 1.165) is 33.7 Å². The van der Waals surface area contributed by atoms with Gasteiger partial charge in [-0.05, 0) is 48.9 Å². The number of hydrogen-bond donors (Lipinski definition) is 1. The first-order valence-electron chi connectivity index (χ1n) is 10.2. The summed E-state index contributed by atoms with van der Waals surface area (Å²) in [7, 11) is 5.15.